The number of nitrogens with zero attached hydrogens (tertiary/aromatic N) is 3. The van der Waals surface area contributed by atoms with Crippen LogP contribution in [0.2, 0.25) is 0 Å². The highest BCUT2D eigenvalue weighted by Crippen LogP contribution is 1.89. The van der Waals surface area contributed by atoms with Crippen molar-refractivity contribution in [1.29, 1.82) is 0 Å². The molecule has 74 valence electrons. The van der Waals surface area contributed by atoms with Gasteiger partial charge in [0.25, 0.3) is 5.96 Å². The molecule has 0 aromatic heterocycles. The fraction of sp³-hybridized carbons (Fsp3) is 0.600. The average Bonchev–Trinajstić information content (AvgIpc) is 2.11. The maximum Gasteiger partial charge on any atom is 0.416 e. The van der Waals surface area contributed by atoms with Crippen molar-refractivity contribution in [1.82, 2.24) is 10.2 Å². The first-order valence-corrected chi connectivity index (χ1v) is 3.25. The number of hydrogen-bond acceptors (Lipinski definition) is 4. The molecule has 0 rings (SSSR count). The fourth-order valence-electron chi connectivity index (χ4n) is 0.586. The molecule has 0 aromatic carbocycles. The number of ether oxygens (including phenoxy) is 1. The summed E-state index contributed by atoms with van der Waals surface area (Å²) < 4.78 is 4.32. The van der Waals surface area contributed by atoms with E-state index in [-0.39, 0.29) is 5.96 Å². The Morgan fingerprint density at radius 3 is 2.54 bits per heavy atom. The average molecular weight is 190 g/mol. The second-order valence-corrected chi connectivity index (χ2v) is 1.94. The molecule has 0 aromatic rings. The SMILES string of the molecule is CNC(=N[N+](=O)[O-])N(C)C(=O)OC. The zero-order valence-electron chi connectivity index (χ0n) is 7.47. The van der Waals surface area contributed by atoms with Gasteiger partial charge in [0.2, 0.25) is 0 Å². The van der Waals surface area contributed by atoms with Crippen LogP contribution in [0, 0.1) is 10.1 Å². The largest absolute Gasteiger partial charge is 0.452 e. The monoisotopic (exact) mass is 190 g/mol. The molecule has 1 amide bonds. The Morgan fingerprint density at radius 2 is 2.23 bits per heavy atom. The van der Waals surface area contributed by atoms with Crippen LogP contribution in [0.4, 0.5) is 4.79 Å². The predicted octanol–water partition coefficient (Wildman–Crippen LogP) is -0.548. The summed E-state index contributed by atoms with van der Waals surface area (Å²) in [5.41, 5.74) is 0. The van der Waals surface area contributed by atoms with Gasteiger partial charge < -0.3 is 10.1 Å². The van der Waals surface area contributed by atoms with Crippen molar-refractivity contribution in [3.63, 3.8) is 0 Å². The number of hydrazone groups is 1. The van der Waals surface area contributed by atoms with E-state index < -0.39 is 11.1 Å². The van der Waals surface area contributed by atoms with Gasteiger partial charge in [-0.15, -0.1) is 0 Å². The first kappa shape index (κ1) is 11.1. The van der Waals surface area contributed by atoms with Crippen molar-refractivity contribution in [3.8, 4) is 0 Å². The lowest BCUT2D eigenvalue weighted by Gasteiger charge is -2.13. The van der Waals surface area contributed by atoms with E-state index in [2.05, 4.69) is 15.2 Å². The molecule has 0 aliphatic rings. The second kappa shape index (κ2) is 4.91. The van der Waals surface area contributed by atoms with Crippen molar-refractivity contribution in [3.05, 3.63) is 10.1 Å². The molecule has 0 bridgehead atoms. The van der Waals surface area contributed by atoms with Crippen LogP contribution < -0.4 is 5.32 Å². The van der Waals surface area contributed by atoms with E-state index in [1.807, 2.05) is 0 Å². The van der Waals surface area contributed by atoms with E-state index in [0.29, 0.717) is 0 Å². The third-order valence-corrected chi connectivity index (χ3v) is 1.17. The normalized spacial score (nSPS) is 10.5. The third-order valence-electron chi connectivity index (χ3n) is 1.17. The van der Waals surface area contributed by atoms with Gasteiger partial charge in [-0.2, -0.15) is 0 Å². The molecule has 0 fully saturated rings. The van der Waals surface area contributed by atoms with E-state index >= 15 is 0 Å². The van der Waals surface area contributed by atoms with E-state index in [1.54, 1.807) is 0 Å². The minimum atomic E-state index is -0.911. The van der Waals surface area contributed by atoms with Crippen LogP contribution in [0.1, 0.15) is 0 Å². The first-order chi connectivity index (χ1) is 6.02. The summed E-state index contributed by atoms with van der Waals surface area (Å²) in [6, 6.07) is 0. The highest BCUT2D eigenvalue weighted by molar-refractivity contribution is 5.93. The molecule has 0 aliphatic carbocycles. The van der Waals surface area contributed by atoms with Crippen molar-refractivity contribution >= 4 is 12.1 Å². The highest BCUT2D eigenvalue weighted by atomic mass is 16.7. The topological polar surface area (TPSA) is 97.1 Å². The molecular formula is C5H10N4O4. The quantitative estimate of drug-likeness (QED) is 0.259. The zero-order valence-corrected chi connectivity index (χ0v) is 7.47. The van der Waals surface area contributed by atoms with Gasteiger partial charge in [0.15, 0.2) is 5.03 Å². The smallest absolute Gasteiger partial charge is 0.416 e. The molecule has 0 heterocycles. The summed E-state index contributed by atoms with van der Waals surface area (Å²) in [7, 11) is 3.87. The van der Waals surface area contributed by atoms with Gasteiger partial charge in [-0.3, -0.25) is 0 Å². The molecule has 0 radical (unpaired) electrons. The Morgan fingerprint density at radius 1 is 1.69 bits per heavy atom. The molecule has 0 saturated carbocycles. The van der Waals surface area contributed by atoms with Crippen LogP contribution in [0.25, 0.3) is 0 Å². The molecule has 0 aliphatic heterocycles. The van der Waals surface area contributed by atoms with Crippen LogP contribution in [-0.2, 0) is 4.74 Å². The molecule has 8 nitrogen and oxygen atoms in total. The van der Waals surface area contributed by atoms with E-state index in [0.717, 1.165) is 12.0 Å². The van der Waals surface area contributed by atoms with Crippen LogP contribution in [0.15, 0.2) is 5.10 Å². The molecule has 0 saturated heterocycles. The highest BCUT2D eigenvalue weighted by Gasteiger charge is 2.16. The van der Waals surface area contributed by atoms with Gasteiger partial charge in [-0.1, -0.05) is 0 Å². The maximum atomic E-state index is 10.9. The number of nitrogens with one attached hydrogen (secondary N) is 1. The van der Waals surface area contributed by atoms with Gasteiger partial charge in [0, 0.05) is 14.1 Å². The molecule has 0 atom stereocenters. The number of carbonyl (C=O) groups is 1. The minimum absolute atomic E-state index is 0.197. The Bertz CT molecular complexity index is 239. The second-order valence-electron chi connectivity index (χ2n) is 1.94. The van der Waals surface area contributed by atoms with Gasteiger partial charge >= 0.3 is 6.09 Å². The third kappa shape index (κ3) is 3.36. The molecular weight excluding hydrogens is 180 g/mol. The molecule has 0 unspecified atom stereocenters. The Hall–Kier alpha value is -1.86. The van der Waals surface area contributed by atoms with Crippen LogP contribution in [0.3, 0.4) is 0 Å². The van der Waals surface area contributed by atoms with Crippen molar-refractivity contribution in [2.45, 2.75) is 0 Å². The van der Waals surface area contributed by atoms with E-state index in [4.69, 9.17) is 0 Å². The molecule has 1 N–H and O–H groups in total. The van der Waals surface area contributed by atoms with Crippen molar-refractivity contribution < 1.29 is 14.6 Å². The number of nitro groups is 1. The molecule has 13 heavy (non-hydrogen) atoms. The lowest BCUT2D eigenvalue weighted by molar-refractivity contribution is -0.485. The standard InChI is InChI=1S/C5H10N4O4/c1-6-4(7-9(11)12)8(2)5(10)13-3/h1-3H3,(H,6,7). The fourth-order valence-corrected chi connectivity index (χ4v) is 0.586. The lowest BCUT2D eigenvalue weighted by Crippen LogP contribution is -2.41. The van der Waals surface area contributed by atoms with Gasteiger partial charge in [-0.25, -0.2) is 19.8 Å². The van der Waals surface area contributed by atoms with Gasteiger partial charge in [0.05, 0.1) is 7.11 Å². The number of rotatable bonds is 1. The minimum Gasteiger partial charge on any atom is -0.452 e. The van der Waals surface area contributed by atoms with Crippen molar-refractivity contribution in [2.24, 2.45) is 5.10 Å². The number of guanidine groups is 1. The van der Waals surface area contributed by atoms with Crippen LogP contribution in [0.5, 0.6) is 0 Å². The summed E-state index contributed by atoms with van der Waals surface area (Å²) in [6.07, 6.45) is -0.741. The maximum absolute atomic E-state index is 10.9. The summed E-state index contributed by atoms with van der Waals surface area (Å²) in [6.45, 7) is 0. The molecule has 0 spiro atoms. The van der Waals surface area contributed by atoms with Gasteiger partial charge in [0.1, 0.15) is 5.10 Å². The number of methoxy groups -OCH3 is 1. The Balaban J connectivity index is 4.58. The number of carbonyl (C=O) groups excluding carboxylic acids is 1. The van der Waals surface area contributed by atoms with E-state index in [9.17, 15) is 14.9 Å². The summed E-state index contributed by atoms with van der Waals surface area (Å²) in [4.78, 5) is 21.7. The zero-order chi connectivity index (χ0) is 10.4. The predicted molar refractivity (Wildman–Crippen MR) is 43.7 cm³/mol. The Labute approximate surface area is 74.3 Å². The van der Waals surface area contributed by atoms with Gasteiger partial charge in [-0.05, 0) is 0 Å². The van der Waals surface area contributed by atoms with Crippen LogP contribution >= 0.6 is 0 Å². The summed E-state index contributed by atoms with van der Waals surface area (Å²) in [5.74, 6) is -0.197. The lowest BCUT2D eigenvalue weighted by atomic mass is 10.7. The summed E-state index contributed by atoms with van der Waals surface area (Å²) in [5, 5.41) is 14.4. The number of hydrogen-bond donors (Lipinski definition) is 1. The molecule has 8 heteroatoms. The van der Waals surface area contributed by atoms with Crippen LogP contribution in [-0.4, -0.2) is 43.2 Å². The Kier molecular flexibility index (Phi) is 4.20. The summed E-state index contributed by atoms with van der Waals surface area (Å²) >= 11 is 0. The van der Waals surface area contributed by atoms with Crippen molar-refractivity contribution in [2.75, 3.05) is 21.2 Å². The van der Waals surface area contributed by atoms with E-state index in [1.165, 1.54) is 14.1 Å². The first-order valence-electron chi connectivity index (χ1n) is 3.25. The number of amides is 1.